The molecule has 1 heterocycles. The van der Waals surface area contributed by atoms with Gasteiger partial charge < -0.3 is 14.5 Å². The molecule has 0 N–H and O–H groups in total. The first kappa shape index (κ1) is 23.8. The van der Waals surface area contributed by atoms with Crippen molar-refractivity contribution >= 4 is 52.5 Å². The summed E-state index contributed by atoms with van der Waals surface area (Å²) >= 11 is 13.9. The monoisotopic (exact) mass is 480 g/mol. The summed E-state index contributed by atoms with van der Waals surface area (Å²) in [6.07, 6.45) is 0. The summed E-state index contributed by atoms with van der Waals surface area (Å²) < 4.78 is 4.94. The normalized spacial score (nSPS) is 18.7. The molecular formula is C23H26Cl2N2O3S. The van der Waals surface area contributed by atoms with Crippen LogP contribution in [0.15, 0.2) is 47.4 Å². The molecule has 1 amide bonds. The number of anilines is 1. The molecular weight excluding hydrogens is 455 g/mol. The van der Waals surface area contributed by atoms with Gasteiger partial charge in [0.2, 0.25) is 0 Å². The van der Waals surface area contributed by atoms with Crippen molar-refractivity contribution in [3.8, 4) is 0 Å². The van der Waals surface area contributed by atoms with Crippen LogP contribution in [0.2, 0.25) is 10.0 Å². The molecule has 0 saturated carbocycles. The summed E-state index contributed by atoms with van der Waals surface area (Å²) in [5.41, 5.74) is 1.60. The van der Waals surface area contributed by atoms with Crippen molar-refractivity contribution in [3.05, 3.63) is 58.1 Å². The van der Waals surface area contributed by atoms with E-state index in [1.807, 2.05) is 29.2 Å². The van der Waals surface area contributed by atoms with Crippen molar-refractivity contribution in [2.75, 3.05) is 30.3 Å². The lowest BCUT2D eigenvalue weighted by Gasteiger charge is -2.46. The number of carbonyl (C=O) groups excluding carboxylic acids is 2. The summed E-state index contributed by atoms with van der Waals surface area (Å²) in [4.78, 5) is 29.7. The fraction of sp³-hybridized carbons (Fsp3) is 0.391. The molecule has 0 aliphatic carbocycles. The molecule has 166 valence electrons. The van der Waals surface area contributed by atoms with Gasteiger partial charge in [0.05, 0.1) is 17.4 Å². The fourth-order valence-corrected chi connectivity index (χ4v) is 4.95. The maximum absolute atomic E-state index is 13.2. The van der Waals surface area contributed by atoms with E-state index in [-0.39, 0.29) is 29.7 Å². The maximum Gasteiger partial charge on any atom is 0.316 e. The second-order valence-corrected chi connectivity index (χ2v) is 9.25. The fourth-order valence-electron chi connectivity index (χ4n) is 3.71. The molecule has 0 bridgehead atoms. The Labute approximate surface area is 197 Å². The Morgan fingerprint density at radius 1 is 1.10 bits per heavy atom. The minimum Gasteiger partial charge on any atom is -0.465 e. The Kier molecular flexibility index (Phi) is 8.14. The number of rotatable bonds is 6. The number of esters is 1. The molecule has 0 spiro atoms. The van der Waals surface area contributed by atoms with Gasteiger partial charge in [0.1, 0.15) is 0 Å². The molecule has 2 atom stereocenters. The van der Waals surface area contributed by atoms with Gasteiger partial charge in [-0.15, -0.1) is 11.8 Å². The van der Waals surface area contributed by atoms with E-state index in [4.69, 9.17) is 27.9 Å². The minimum atomic E-state index is -0.288. The Bertz CT molecular complexity index is 956. The van der Waals surface area contributed by atoms with Gasteiger partial charge >= 0.3 is 5.97 Å². The van der Waals surface area contributed by atoms with Gasteiger partial charge in [-0.2, -0.15) is 0 Å². The van der Waals surface area contributed by atoms with Crippen LogP contribution < -0.4 is 4.90 Å². The zero-order valence-corrected chi connectivity index (χ0v) is 20.1. The minimum absolute atomic E-state index is 0.0110. The number of carbonyl (C=O) groups is 2. The summed E-state index contributed by atoms with van der Waals surface area (Å²) in [6.45, 7) is 7.62. The van der Waals surface area contributed by atoms with Gasteiger partial charge in [-0.3, -0.25) is 9.59 Å². The molecule has 1 fully saturated rings. The van der Waals surface area contributed by atoms with Gasteiger partial charge in [-0.05, 0) is 57.2 Å². The van der Waals surface area contributed by atoms with Crippen molar-refractivity contribution in [2.45, 2.75) is 37.8 Å². The second kappa shape index (κ2) is 10.6. The largest absolute Gasteiger partial charge is 0.465 e. The topological polar surface area (TPSA) is 49.9 Å². The summed E-state index contributed by atoms with van der Waals surface area (Å²) in [6, 6.07) is 13.2. The number of halogens is 2. The Balaban J connectivity index is 1.69. The van der Waals surface area contributed by atoms with Crippen LogP contribution in [0.1, 0.15) is 31.1 Å². The average molecular weight is 481 g/mol. The number of nitrogens with zero attached hydrogens (tertiary/aromatic N) is 2. The standard InChI is InChI=1S/C23H26Cl2N2O3S/c1-4-30-22(28)14-31-21-9-8-17(12-20(21)25)23(29)27-11-10-26(15(2)16(27)3)19-7-5-6-18(24)13-19/h5-9,12-13,15-16H,4,10-11,14H2,1-3H3/t15-,16?/m1/s1. The van der Waals surface area contributed by atoms with Crippen molar-refractivity contribution in [1.82, 2.24) is 4.90 Å². The van der Waals surface area contributed by atoms with Gasteiger partial charge in [0.15, 0.2) is 0 Å². The van der Waals surface area contributed by atoms with Crippen LogP contribution in [0.25, 0.3) is 0 Å². The van der Waals surface area contributed by atoms with Crippen molar-refractivity contribution in [1.29, 1.82) is 0 Å². The highest BCUT2D eigenvalue weighted by Crippen LogP contribution is 2.31. The third-order valence-electron chi connectivity index (χ3n) is 5.49. The van der Waals surface area contributed by atoms with E-state index >= 15 is 0 Å². The number of ether oxygens (including phenoxy) is 1. The van der Waals surface area contributed by atoms with Crippen molar-refractivity contribution in [3.63, 3.8) is 0 Å². The second-order valence-electron chi connectivity index (χ2n) is 7.39. The molecule has 0 aromatic heterocycles. The highest BCUT2D eigenvalue weighted by molar-refractivity contribution is 8.00. The molecule has 1 aliphatic rings. The summed E-state index contributed by atoms with van der Waals surface area (Å²) in [5.74, 6) is -0.154. The molecule has 0 radical (unpaired) electrons. The molecule has 5 nitrogen and oxygen atoms in total. The number of hydrogen-bond donors (Lipinski definition) is 0. The molecule has 1 saturated heterocycles. The first-order valence-electron chi connectivity index (χ1n) is 10.2. The van der Waals surface area contributed by atoms with E-state index in [1.165, 1.54) is 11.8 Å². The van der Waals surface area contributed by atoms with E-state index in [1.54, 1.807) is 25.1 Å². The van der Waals surface area contributed by atoms with Crippen LogP contribution in [-0.4, -0.2) is 54.3 Å². The van der Waals surface area contributed by atoms with E-state index in [9.17, 15) is 9.59 Å². The van der Waals surface area contributed by atoms with E-state index < -0.39 is 0 Å². The van der Waals surface area contributed by atoms with Crippen molar-refractivity contribution < 1.29 is 14.3 Å². The number of benzene rings is 2. The molecule has 8 heteroatoms. The molecule has 2 aromatic rings. The molecule has 31 heavy (non-hydrogen) atoms. The smallest absolute Gasteiger partial charge is 0.316 e. The van der Waals surface area contributed by atoms with Gasteiger partial charge in [0, 0.05) is 46.3 Å². The highest BCUT2D eigenvalue weighted by Gasteiger charge is 2.34. The lowest BCUT2D eigenvalue weighted by Crippen LogP contribution is -2.59. The van der Waals surface area contributed by atoms with Crippen LogP contribution in [0.5, 0.6) is 0 Å². The predicted molar refractivity (Wildman–Crippen MR) is 128 cm³/mol. The van der Waals surface area contributed by atoms with Crippen LogP contribution in [0.4, 0.5) is 5.69 Å². The highest BCUT2D eigenvalue weighted by atomic mass is 35.5. The van der Waals surface area contributed by atoms with Crippen LogP contribution in [0, 0.1) is 0 Å². The SMILES string of the molecule is CCOC(=O)CSc1ccc(C(=O)N2CCN(c3cccc(Cl)c3)[C@H](C)C2C)cc1Cl. The number of hydrogen-bond acceptors (Lipinski definition) is 5. The number of thioether (sulfide) groups is 1. The molecule has 3 rings (SSSR count). The van der Waals surface area contributed by atoms with Crippen LogP contribution in [0.3, 0.4) is 0 Å². The Hall–Kier alpha value is -1.89. The Morgan fingerprint density at radius 3 is 2.55 bits per heavy atom. The number of amides is 1. The van der Waals surface area contributed by atoms with E-state index in [2.05, 4.69) is 18.7 Å². The molecule has 1 unspecified atom stereocenters. The first-order valence-corrected chi connectivity index (χ1v) is 12.0. The lowest BCUT2D eigenvalue weighted by molar-refractivity contribution is -0.139. The van der Waals surface area contributed by atoms with E-state index in [0.29, 0.717) is 28.8 Å². The maximum atomic E-state index is 13.2. The van der Waals surface area contributed by atoms with E-state index in [0.717, 1.165) is 17.1 Å². The quantitative estimate of drug-likeness (QED) is 0.409. The van der Waals surface area contributed by atoms with Crippen LogP contribution >= 0.6 is 35.0 Å². The number of piperazine rings is 1. The zero-order chi connectivity index (χ0) is 22.5. The third kappa shape index (κ3) is 5.68. The summed E-state index contributed by atoms with van der Waals surface area (Å²) in [5, 5.41) is 1.16. The summed E-state index contributed by atoms with van der Waals surface area (Å²) in [7, 11) is 0. The average Bonchev–Trinajstić information content (AvgIpc) is 2.74. The molecule has 2 aromatic carbocycles. The Morgan fingerprint density at radius 2 is 1.87 bits per heavy atom. The van der Waals surface area contributed by atoms with Crippen LogP contribution in [-0.2, 0) is 9.53 Å². The van der Waals surface area contributed by atoms with Gasteiger partial charge in [-0.1, -0.05) is 29.3 Å². The lowest BCUT2D eigenvalue weighted by atomic mass is 10.0. The molecule has 1 aliphatic heterocycles. The third-order valence-corrected chi connectivity index (χ3v) is 7.20. The van der Waals surface area contributed by atoms with Gasteiger partial charge in [0.25, 0.3) is 5.91 Å². The zero-order valence-electron chi connectivity index (χ0n) is 17.8. The van der Waals surface area contributed by atoms with Crippen molar-refractivity contribution in [2.24, 2.45) is 0 Å². The predicted octanol–water partition coefficient (Wildman–Crippen LogP) is 5.39. The first-order chi connectivity index (χ1) is 14.8. The van der Waals surface area contributed by atoms with Gasteiger partial charge in [-0.25, -0.2) is 0 Å².